The highest BCUT2D eigenvalue weighted by Gasteiger charge is 2.05. The van der Waals surface area contributed by atoms with E-state index in [0.717, 1.165) is 17.1 Å². The number of benzene rings is 1. The Morgan fingerprint density at radius 3 is 2.54 bits per heavy atom. The smallest absolute Gasteiger partial charge is 0.167 e. The number of para-hydroxylation sites is 1. The molecule has 0 fully saturated rings. The predicted octanol–water partition coefficient (Wildman–Crippen LogP) is 2.55. The Morgan fingerprint density at radius 2 is 2.00 bits per heavy atom. The van der Waals surface area contributed by atoms with Gasteiger partial charge in [0.15, 0.2) is 11.5 Å². The number of methoxy groups -OCH3 is 2. The van der Waals surface area contributed by atoms with Crippen LogP contribution in [-0.2, 0) is 0 Å². The maximum Gasteiger partial charge on any atom is 0.167 e. The highest BCUT2D eigenvalue weighted by molar-refractivity contribution is 5.62. The fourth-order valence-corrected chi connectivity index (χ4v) is 1.17. The topological polar surface area (TPSA) is 18.5 Å². The van der Waals surface area contributed by atoms with Crippen LogP contribution in [0.4, 0.5) is 0 Å². The van der Waals surface area contributed by atoms with Crippen molar-refractivity contribution in [3.63, 3.8) is 0 Å². The maximum absolute atomic E-state index is 5.22. The van der Waals surface area contributed by atoms with Crippen molar-refractivity contribution in [2.75, 3.05) is 14.2 Å². The van der Waals surface area contributed by atoms with Crippen molar-refractivity contribution in [3.8, 4) is 11.5 Å². The van der Waals surface area contributed by atoms with Crippen molar-refractivity contribution in [2.45, 2.75) is 0 Å². The van der Waals surface area contributed by atoms with Gasteiger partial charge in [-0.3, -0.25) is 0 Å². The molecule has 2 nitrogen and oxygen atoms in total. The molecule has 0 aliphatic carbocycles. The minimum atomic E-state index is 0.734. The van der Waals surface area contributed by atoms with Crippen molar-refractivity contribution in [2.24, 2.45) is 0 Å². The fourth-order valence-electron chi connectivity index (χ4n) is 1.17. The summed E-state index contributed by atoms with van der Waals surface area (Å²) >= 11 is 0. The van der Waals surface area contributed by atoms with Gasteiger partial charge in [-0.2, -0.15) is 0 Å². The number of rotatable bonds is 3. The number of hydrogen-bond acceptors (Lipinski definition) is 2. The second kappa shape index (κ2) is 4.55. The fraction of sp³-hybridized carbons (Fsp3) is 0.182. The molecule has 0 aliphatic rings. The van der Waals surface area contributed by atoms with Gasteiger partial charge in [0.1, 0.15) is 0 Å². The summed E-state index contributed by atoms with van der Waals surface area (Å²) < 4.78 is 10.4. The van der Waals surface area contributed by atoms with Crippen LogP contribution in [0.15, 0.2) is 24.3 Å². The molecule has 13 heavy (non-hydrogen) atoms. The third-order valence-corrected chi connectivity index (χ3v) is 1.73. The predicted molar refractivity (Wildman–Crippen MR) is 53.9 cm³/mol. The molecule has 0 spiro atoms. The van der Waals surface area contributed by atoms with Crippen LogP contribution in [0.5, 0.6) is 11.5 Å². The van der Waals surface area contributed by atoms with E-state index < -0.39 is 0 Å². The largest absolute Gasteiger partial charge is 0.493 e. The van der Waals surface area contributed by atoms with Crippen LogP contribution in [0.3, 0.4) is 0 Å². The third kappa shape index (κ3) is 2.02. The van der Waals surface area contributed by atoms with Gasteiger partial charge in [0.2, 0.25) is 0 Å². The molecule has 0 unspecified atom stereocenters. The average molecular weight is 177 g/mol. The zero-order valence-corrected chi connectivity index (χ0v) is 7.91. The number of hydrogen-bond donors (Lipinski definition) is 0. The SMILES string of the molecule is [CH2]/C=C/c1cccc(OC)c1OC. The molecule has 0 saturated heterocycles. The van der Waals surface area contributed by atoms with Crippen molar-refractivity contribution in [1.82, 2.24) is 0 Å². The van der Waals surface area contributed by atoms with Crippen molar-refractivity contribution in [1.29, 1.82) is 0 Å². The third-order valence-electron chi connectivity index (χ3n) is 1.73. The van der Waals surface area contributed by atoms with E-state index in [1.807, 2.05) is 24.3 Å². The van der Waals surface area contributed by atoms with Gasteiger partial charge in [0.25, 0.3) is 0 Å². The first-order valence-electron chi connectivity index (χ1n) is 4.00. The highest BCUT2D eigenvalue weighted by atomic mass is 16.5. The summed E-state index contributed by atoms with van der Waals surface area (Å²) in [6, 6.07) is 5.72. The van der Waals surface area contributed by atoms with Crippen LogP contribution in [0.2, 0.25) is 0 Å². The van der Waals surface area contributed by atoms with Crippen molar-refractivity contribution >= 4 is 6.08 Å². The molecule has 0 saturated carbocycles. The molecular weight excluding hydrogens is 164 g/mol. The molecule has 1 radical (unpaired) electrons. The Balaban J connectivity index is 3.18. The first-order chi connectivity index (χ1) is 6.33. The minimum Gasteiger partial charge on any atom is -0.493 e. The van der Waals surface area contributed by atoms with Crippen LogP contribution < -0.4 is 9.47 Å². The molecule has 0 aliphatic heterocycles. The quantitative estimate of drug-likeness (QED) is 0.706. The van der Waals surface area contributed by atoms with Gasteiger partial charge in [0.05, 0.1) is 14.2 Å². The Hall–Kier alpha value is -1.44. The van der Waals surface area contributed by atoms with Gasteiger partial charge in [-0.05, 0) is 13.0 Å². The monoisotopic (exact) mass is 177 g/mol. The van der Waals surface area contributed by atoms with E-state index >= 15 is 0 Å². The van der Waals surface area contributed by atoms with Gasteiger partial charge in [0, 0.05) is 5.56 Å². The molecule has 0 aromatic heterocycles. The average Bonchev–Trinajstić information content (AvgIpc) is 2.18. The van der Waals surface area contributed by atoms with Gasteiger partial charge in [-0.1, -0.05) is 24.3 Å². The summed E-state index contributed by atoms with van der Waals surface area (Å²) in [5.74, 6) is 1.48. The van der Waals surface area contributed by atoms with Crippen LogP contribution in [-0.4, -0.2) is 14.2 Å². The minimum absolute atomic E-state index is 0.734. The van der Waals surface area contributed by atoms with E-state index in [1.165, 1.54) is 0 Å². The van der Waals surface area contributed by atoms with E-state index in [-0.39, 0.29) is 0 Å². The van der Waals surface area contributed by atoms with Gasteiger partial charge in [-0.25, -0.2) is 0 Å². The van der Waals surface area contributed by atoms with Crippen LogP contribution in [0.25, 0.3) is 6.08 Å². The van der Waals surface area contributed by atoms with Crippen LogP contribution >= 0.6 is 0 Å². The van der Waals surface area contributed by atoms with E-state index in [4.69, 9.17) is 9.47 Å². The molecule has 69 valence electrons. The summed E-state index contributed by atoms with van der Waals surface area (Å²) in [6.07, 6.45) is 3.60. The van der Waals surface area contributed by atoms with Crippen molar-refractivity contribution < 1.29 is 9.47 Å². The normalized spacial score (nSPS) is 10.4. The standard InChI is InChI=1S/C11H13O2/c1-4-6-9-7-5-8-10(12-2)11(9)13-3/h4-8H,1H2,2-3H3/b6-4+. The van der Waals surface area contributed by atoms with E-state index in [1.54, 1.807) is 20.3 Å². The molecule has 1 rings (SSSR count). The van der Waals surface area contributed by atoms with E-state index in [2.05, 4.69) is 6.92 Å². The molecular formula is C11H13O2. The Morgan fingerprint density at radius 1 is 1.23 bits per heavy atom. The summed E-state index contributed by atoms with van der Waals surface area (Å²) in [7, 11) is 3.24. The summed E-state index contributed by atoms with van der Waals surface area (Å²) in [5.41, 5.74) is 0.969. The van der Waals surface area contributed by atoms with Crippen LogP contribution in [0.1, 0.15) is 5.56 Å². The zero-order valence-electron chi connectivity index (χ0n) is 7.91. The Kier molecular flexibility index (Phi) is 3.38. The van der Waals surface area contributed by atoms with E-state index in [9.17, 15) is 0 Å². The lowest BCUT2D eigenvalue weighted by Crippen LogP contribution is -1.92. The van der Waals surface area contributed by atoms with Gasteiger partial charge >= 0.3 is 0 Å². The summed E-state index contributed by atoms with van der Waals surface area (Å²) in [4.78, 5) is 0. The van der Waals surface area contributed by atoms with Crippen molar-refractivity contribution in [3.05, 3.63) is 36.8 Å². The first kappa shape index (κ1) is 9.65. The highest BCUT2D eigenvalue weighted by Crippen LogP contribution is 2.31. The number of ether oxygens (including phenoxy) is 2. The van der Waals surface area contributed by atoms with Crippen LogP contribution in [0, 0.1) is 6.92 Å². The van der Waals surface area contributed by atoms with E-state index in [0.29, 0.717) is 0 Å². The molecule has 0 heterocycles. The Bertz CT molecular complexity index is 303. The first-order valence-corrected chi connectivity index (χ1v) is 4.00. The molecule has 1 aromatic carbocycles. The van der Waals surface area contributed by atoms with Gasteiger partial charge < -0.3 is 9.47 Å². The van der Waals surface area contributed by atoms with Gasteiger partial charge in [-0.15, -0.1) is 0 Å². The molecule has 0 bridgehead atoms. The number of allylic oxidation sites excluding steroid dienone is 1. The molecule has 0 atom stereocenters. The lowest BCUT2D eigenvalue weighted by molar-refractivity contribution is 0.354. The molecule has 2 heteroatoms. The second-order valence-corrected chi connectivity index (χ2v) is 2.49. The lowest BCUT2D eigenvalue weighted by Gasteiger charge is -2.09. The summed E-state index contributed by atoms with van der Waals surface area (Å²) in [5, 5.41) is 0. The maximum atomic E-state index is 5.22. The molecule has 0 amide bonds. The zero-order chi connectivity index (χ0) is 9.68. The molecule has 0 N–H and O–H groups in total. The Labute approximate surface area is 78.8 Å². The lowest BCUT2D eigenvalue weighted by atomic mass is 10.1. The second-order valence-electron chi connectivity index (χ2n) is 2.49. The summed E-state index contributed by atoms with van der Waals surface area (Å²) in [6.45, 7) is 3.63. The molecule has 1 aromatic rings.